The molecule has 8 heteroatoms. The van der Waals surface area contributed by atoms with Crippen LogP contribution in [-0.2, 0) is 14.8 Å². The predicted molar refractivity (Wildman–Crippen MR) is 133 cm³/mol. The molecule has 1 aliphatic heterocycles. The molecule has 1 heterocycles. The first-order valence-corrected chi connectivity index (χ1v) is 12.8. The van der Waals surface area contributed by atoms with Gasteiger partial charge in [-0.15, -0.1) is 0 Å². The van der Waals surface area contributed by atoms with Crippen LogP contribution in [0.15, 0.2) is 77.7 Å². The zero-order valence-electron chi connectivity index (χ0n) is 18.7. The number of carbonyl (C=O) groups is 2. The van der Waals surface area contributed by atoms with Gasteiger partial charge in [0.2, 0.25) is 15.9 Å². The summed E-state index contributed by atoms with van der Waals surface area (Å²) in [6, 6.07) is 20.3. The molecular formula is C26H25ClN2O4S. The molecule has 1 N–H and O–H groups in total. The van der Waals surface area contributed by atoms with Crippen LogP contribution in [0.25, 0.3) is 0 Å². The van der Waals surface area contributed by atoms with Gasteiger partial charge in [0.25, 0.3) is 0 Å². The van der Waals surface area contributed by atoms with Crippen LogP contribution in [0.1, 0.15) is 34.3 Å². The van der Waals surface area contributed by atoms with Gasteiger partial charge in [-0.1, -0.05) is 53.6 Å². The largest absolute Gasteiger partial charge is 0.325 e. The molecule has 6 nitrogen and oxygen atoms in total. The summed E-state index contributed by atoms with van der Waals surface area (Å²) in [5.41, 5.74) is 2.35. The lowest BCUT2D eigenvalue weighted by Crippen LogP contribution is -2.41. The third-order valence-corrected chi connectivity index (χ3v) is 8.15. The molecule has 1 amide bonds. The van der Waals surface area contributed by atoms with E-state index in [-0.39, 0.29) is 35.6 Å². The van der Waals surface area contributed by atoms with Crippen molar-refractivity contribution in [2.24, 2.45) is 5.92 Å². The maximum atomic E-state index is 13.1. The maximum Gasteiger partial charge on any atom is 0.243 e. The van der Waals surface area contributed by atoms with Gasteiger partial charge in [0.15, 0.2) is 5.78 Å². The van der Waals surface area contributed by atoms with E-state index >= 15 is 0 Å². The second-order valence-electron chi connectivity index (χ2n) is 8.37. The lowest BCUT2D eigenvalue weighted by molar-refractivity contribution is -0.120. The molecule has 0 spiro atoms. The number of aryl methyl sites for hydroxylation is 1. The Morgan fingerprint density at radius 3 is 2.24 bits per heavy atom. The van der Waals surface area contributed by atoms with Crippen LogP contribution in [0, 0.1) is 12.8 Å². The first-order valence-electron chi connectivity index (χ1n) is 11.0. The second-order valence-corrected chi connectivity index (χ2v) is 10.7. The Balaban J connectivity index is 1.45. The second kappa shape index (κ2) is 10.1. The Morgan fingerprint density at radius 2 is 1.59 bits per heavy atom. The van der Waals surface area contributed by atoms with Crippen LogP contribution in [0.4, 0.5) is 5.69 Å². The number of halogens is 1. The van der Waals surface area contributed by atoms with Gasteiger partial charge in [-0.25, -0.2) is 8.42 Å². The van der Waals surface area contributed by atoms with Crippen LogP contribution < -0.4 is 5.32 Å². The smallest absolute Gasteiger partial charge is 0.243 e. The molecule has 1 saturated heterocycles. The molecule has 0 aliphatic carbocycles. The summed E-state index contributed by atoms with van der Waals surface area (Å²) in [6.45, 7) is 2.38. The Bertz CT molecular complexity index is 1300. The van der Waals surface area contributed by atoms with Gasteiger partial charge in [0.1, 0.15) is 0 Å². The van der Waals surface area contributed by atoms with E-state index in [1.54, 1.807) is 48.5 Å². The molecule has 176 valence electrons. The van der Waals surface area contributed by atoms with Crippen molar-refractivity contribution < 1.29 is 18.0 Å². The molecular weight excluding hydrogens is 472 g/mol. The minimum Gasteiger partial charge on any atom is -0.325 e. The first kappa shape index (κ1) is 24.1. The van der Waals surface area contributed by atoms with Crippen molar-refractivity contribution in [2.75, 3.05) is 18.4 Å². The standard InChI is InChI=1S/C26H25ClN2O4S/c1-18-7-12-24(23(17-18)25(30)19-5-3-2-4-6-19)28-26(31)20-13-15-29(16-14-20)34(32,33)22-10-8-21(27)9-11-22/h2-12,17,20H,13-16H2,1H3,(H,28,31). The number of piperidine rings is 1. The average Bonchev–Trinajstić information content (AvgIpc) is 2.85. The summed E-state index contributed by atoms with van der Waals surface area (Å²) >= 11 is 5.87. The number of benzene rings is 3. The predicted octanol–water partition coefficient (Wildman–Crippen LogP) is 4.92. The highest BCUT2D eigenvalue weighted by Gasteiger charge is 2.32. The molecule has 0 unspecified atom stereocenters. The van der Waals surface area contributed by atoms with Crippen molar-refractivity contribution in [1.29, 1.82) is 0 Å². The van der Waals surface area contributed by atoms with Gasteiger partial charge in [-0.2, -0.15) is 4.31 Å². The average molecular weight is 497 g/mol. The highest BCUT2D eigenvalue weighted by Crippen LogP contribution is 2.27. The molecule has 3 aromatic carbocycles. The molecule has 1 fully saturated rings. The summed E-state index contributed by atoms with van der Waals surface area (Å²) in [6.07, 6.45) is 0.791. The minimum atomic E-state index is -3.64. The van der Waals surface area contributed by atoms with Crippen LogP contribution in [0.5, 0.6) is 0 Å². The van der Waals surface area contributed by atoms with E-state index < -0.39 is 10.0 Å². The number of rotatable bonds is 6. The molecule has 3 aromatic rings. The molecule has 0 saturated carbocycles. The molecule has 0 atom stereocenters. The zero-order valence-corrected chi connectivity index (χ0v) is 20.3. The number of nitrogens with zero attached hydrogens (tertiary/aromatic N) is 1. The van der Waals surface area contributed by atoms with Gasteiger partial charge in [-0.05, 0) is 56.2 Å². The number of hydrogen-bond donors (Lipinski definition) is 1. The van der Waals surface area contributed by atoms with Gasteiger partial charge < -0.3 is 5.32 Å². The topological polar surface area (TPSA) is 83.6 Å². The summed E-state index contributed by atoms with van der Waals surface area (Å²) < 4.78 is 27.2. The van der Waals surface area contributed by atoms with Gasteiger partial charge in [0.05, 0.1) is 10.6 Å². The number of ketones is 1. The van der Waals surface area contributed by atoms with Crippen molar-refractivity contribution in [3.63, 3.8) is 0 Å². The molecule has 4 rings (SSSR count). The van der Waals surface area contributed by atoms with Crippen LogP contribution in [0.3, 0.4) is 0 Å². The van der Waals surface area contributed by atoms with Crippen LogP contribution in [-0.4, -0.2) is 37.5 Å². The third kappa shape index (κ3) is 5.22. The van der Waals surface area contributed by atoms with Crippen molar-refractivity contribution in [1.82, 2.24) is 4.31 Å². The number of sulfonamides is 1. The van der Waals surface area contributed by atoms with E-state index in [4.69, 9.17) is 11.6 Å². The third-order valence-electron chi connectivity index (χ3n) is 5.99. The molecule has 0 bridgehead atoms. The summed E-state index contributed by atoms with van der Waals surface area (Å²) in [4.78, 5) is 26.3. The lowest BCUT2D eigenvalue weighted by atomic mass is 9.96. The first-order chi connectivity index (χ1) is 16.3. The number of nitrogens with one attached hydrogen (secondary N) is 1. The van der Waals surface area contributed by atoms with E-state index in [1.807, 2.05) is 19.1 Å². The molecule has 0 radical (unpaired) electrons. The van der Waals surface area contributed by atoms with Crippen molar-refractivity contribution >= 4 is 39.0 Å². The van der Waals surface area contributed by atoms with Gasteiger partial charge in [0, 0.05) is 35.2 Å². The molecule has 1 aliphatic rings. The summed E-state index contributed by atoms with van der Waals surface area (Å²) in [5, 5.41) is 3.38. The van der Waals surface area contributed by atoms with E-state index in [1.165, 1.54) is 16.4 Å². The number of hydrogen-bond acceptors (Lipinski definition) is 4. The normalized spacial score (nSPS) is 15.1. The van der Waals surface area contributed by atoms with Crippen LogP contribution in [0.2, 0.25) is 5.02 Å². The van der Waals surface area contributed by atoms with E-state index in [2.05, 4.69) is 5.32 Å². The van der Waals surface area contributed by atoms with Crippen molar-refractivity contribution in [3.05, 3.63) is 94.5 Å². The Morgan fingerprint density at radius 1 is 0.941 bits per heavy atom. The minimum absolute atomic E-state index is 0.163. The van der Waals surface area contributed by atoms with Gasteiger partial charge >= 0.3 is 0 Å². The quantitative estimate of drug-likeness (QED) is 0.491. The fraction of sp³-hybridized carbons (Fsp3) is 0.231. The summed E-state index contributed by atoms with van der Waals surface area (Å²) in [7, 11) is -3.64. The Kier molecular flexibility index (Phi) is 7.16. The van der Waals surface area contributed by atoms with Crippen molar-refractivity contribution in [3.8, 4) is 0 Å². The fourth-order valence-corrected chi connectivity index (χ4v) is 5.64. The highest BCUT2D eigenvalue weighted by molar-refractivity contribution is 7.89. The Hall–Kier alpha value is -3.00. The highest BCUT2D eigenvalue weighted by atomic mass is 35.5. The number of anilines is 1. The fourth-order valence-electron chi connectivity index (χ4n) is 4.05. The van der Waals surface area contributed by atoms with E-state index in [9.17, 15) is 18.0 Å². The van der Waals surface area contributed by atoms with E-state index in [0.29, 0.717) is 34.7 Å². The Labute approximate surface area is 204 Å². The van der Waals surface area contributed by atoms with E-state index in [0.717, 1.165) is 5.56 Å². The monoisotopic (exact) mass is 496 g/mol. The van der Waals surface area contributed by atoms with Crippen LogP contribution >= 0.6 is 11.6 Å². The molecule has 34 heavy (non-hydrogen) atoms. The maximum absolute atomic E-state index is 13.1. The molecule has 0 aromatic heterocycles. The summed E-state index contributed by atoms with van der Waals surface area (Å²) in [5.74, 6) is -0.726. The lowest BCUT2D eigenvalue weighted by Gasteiger charge is -2.30. The zero-order chi connectivity index (χ0) is 24.3. The number of amides is 1. The van der Waals surface area contributed by atoms with Crippen molar-refractivity contribution in [2.45, 2.75) is 24.7 Å². The number of carbonyl (C=O) groups excluding carboxylic acids is 2. The SMILES string of the molecule is Cc1ccc(NC(=O)C2CCN(S(=O)(=O)c3ccc(Cl)cc3)CC2)c(C(=O)c2ccccc2)c1. The van der Waals surface area contributed by atoms with Gasteiger partial charge in [-0.3, -0.25) is 9.59 Å².